The van der Waals surface area contributed by atoms with Crippen molar-refractivity contribution in [2.75, 3.05) is 31.1 Å². The molecule has 190 valence electrons. The lowest BCUT2D eigenvalue weighted by Gasteiger charge is -2.37. The predicted molar refractivity (Wildman–Crippen MR) is 135 cm³/mol. The van der Waals surface area contributed by atoms with Gasteiger partial charge in [0.05, 0.1) is 35.1 Å². The van der Waals surface area contributed by atoms with Gasteiger partial charge in [0, 0.05) is 63.3 Å². The molecule has 1 aliphatic heterocycles. The number of carbonyl (C=O) groups excluding carboxylic acids is 1. The Kier molecular flexibility index (Phi) is 5.80. The summed E-state index contributed by atoms with van der Waals surface area (Å²) >= 11 is 0. The monoisotopic (exact) mass is 510 g/mol. The van der Waals surface area contributed by atoms with Crippen molar-refractivity contribution in [3.63, 3.8) is 0 Å². The summed E-state index contributed by atoms with van der Waals surface area (Å²) < 4.78 is 32.9. The summed E-state index contributed by atoms with van der Waals surface area (Å²) in [5, 5.41) is 9.68. The number of carbonyl (C=O) groups is 1. The molecule has 36 heavy (non-hydrogen) atoms. The molecule has 0 radical (unpaired) electrons. The Morgan fingerprint density at radius 1 is 1.17 bits per heavy atom. The smallest absolute Gasteiger partial charge is 0.299 e. The van der Waals surface area contributed by atoms with Gasteiger partial charge in [-0.1, -0.05) is 13.8 Å². The normalized spacial score (nSPS) is 17.6. The highest BCUT2D eigenvalue weighted by Crippen LogP contribution is 2.40. The number of sulfonamides is 1. The first kappa shape index (κ1) is 24.3. The number of hydrogen-bond donors (Lipinski definition) is 1. The predicted octanol–water partition coefficient (Wildman–Crippen LogP) is 1.97. The summed E-state index contributed by atoms with van der Waals surface area (Å²) in [5.41, 5.74) is 1.92. The maximum absolute atomic E-state index is 13.4. The van der Waals surface area contributed by atoms with Gasteiger partial charge in [0.25, 0.3) is 5.66 Å². The third-order valence-electron chi connectivity index (χ3n) is 6.87. The molecule has 1 aromatic carbocycles. The summed E-state index contributed by atoms with van der Waals surface area (Å²) in [7, 11) is -0.294. The third-order valence-corrected chi connectivity index (χ3v) is 8.37. The number of fused-ring (bicyclic) bond motifs is 1. The summed E-state index contributed by atoms with van der Waals surface area (Å²) in [4.78, 5) is 20.1. The summed E-state index contributed by atoms with van der Waals surface area (Å²) in [5.74, 6) is 0.0488. The lowest BCUT2D eigenvalue weighted by Crippen LogP contribution is -2.50. The Hall–Kier alpha value is -3.43. The molecule has 3 heterocycles. The van der Waals surface area contributed by atoms with Gasteiger partial charge in [0.1, 0.15) is 5.69 Å². The van der Waals surface area contributed by atoms with E-state index in [1.54, 1.807) is 27.7 Å². The fourth-order valence-electron chi connectivity index (χ4n) is 4.72. The molecule has 2 aliphatic rings. The molecule has 1 saturated carbocycles. The zero-order valence-corrected chi connectivity index (χ0v) is 21.7. The maximum Gasteiger partial charge on any atom is 0.299 e. The van der Waals surface area contributed by atoms with Gasteiger partial charge in [-0.25, -0.2) is 15.0 Å². The highest BCUT2D eigenvalue weighted by molar-refractivity contribution is 7.89. The topological polar surface area (TPSA) is 110 Å². The molecule has 2 aromatic heterocycles. The molecule has 1 aliphatic carbocycles. The zero-order chi connectivity index (χ0) is 25.8. The van der Waals surface area contributed by atoms with E-state index in [-0.39, 0.29) is 16.7 Å². The van der Waals surface area contributed by atoms with E-state index in [4.69, 9.17) is 11.7 Å². The minimum atomic E-state index is -3.95. The molecule has 1 amide bonds. The van der Waals surface area contributed by atoms with Gasteiger partial charge >= 0.3 is 0 Å². The van der Waals surface area contributed by atoms with Crippen molar-refractivity contribution >= 4 is 32.5 Å². The van der Waals surface area contributed by atoms with Crippen LogP contribution in [0.25, 0.3) is 27.0 Å². The molecular weight excluding hydrogens is 480 g/mol. The Morgan fingerprint density at radius 3 is 2.42 bits per heavy atom. The zero-order valence-electron chi connectivity index (χ0n) is 20.9. The van der Waals surface area contributed by atoms with Crippen molar-refractivity contribution in [3.05, 3.63) is 35.9 Å². The van der Waals surface area contributed by atoms with E-state index in [9.17, 15) is 13.2 Å². The van der Waals surface area contributed by atoms with Gasteiger partial charge in [-0.05, 0) is 12.1 Å². The standard InChI is InChI=1S/C24H30N8O3S/c1-16(2)23(33)32-10-8-31(9-11-32)20-13-18(36(34,35)28-24(25-3)6-7-24)12-19-21(27-30(5)22(19)20)17-14-26-29(4)15-17/h12-16,28H,6-11H2,1-2,4-5H3. The number of piperazine rings is 1. The van der Waals surface area contributed by atoms with Crippen LogP contribution in [0.5, 0.6) is 0 Å². The van der Waals surface area contributed by atoms with Crippen molar-refractivity contribution in [2.45, 2.75) is 37.2 Å². The number of hydrogen-bond acceptors (Lipinski definition) is 6. The number of rotatable bonds is 6. The molecule has 0 atom stereocenters. The quantitative estimate of drug-likeness (QED) is 0.508. The van der Waals surface area contributed by atoms with Crippen molar-refractivity contribution in [1.29, 1.82) is 0 Å². The molecule has 12 heteroatoms. The Bertz CT molecular complexity index is 1490. The van der Waals surface area contributed by atoms with Crippen LogP contribution >= 0.6 is 0 Å². The summed E-state index contributed by atoms with van der Waals surface area (Å²) in [6, 6.07) is 3.30. The second-order valence-corrected chi connectivity index (χ2v) is 11.6. The minimum absolute atomic E-state index is 0.0703. The van der Waals surface area contributed by atoms with Gasteiger partial charge in [-0.3, -0.25) is 19.0 Å². The molecule has 0 bridgehead atoms. The molecule has 1 saturated heterocycles. The molecular formula is C24H30N8O3S. The molecule has 0 unspecified atom stereocenters. The van der Waals surface area contributed by atoms with Crippen LogP contribution in [-0.2, 0) is 28.9 Å². The lowest BCUT2D eigenvalue weighted by molar-refractivity contribution is -0.134. The fraction of sp³-hybridized carbons (Fsp3) is 0.500. The first-order chi connectivity index (χ1) is 17.0. The molecule has 1 N–H and O–H groups in total. The Morgan fingerprint density at radius 2 is 1.86 bits per heavy atom. The van der Waals surface area contributed by atoms with Gasteiger partial charge < -0.3 is 9.80 Å². The fourth-order valence-corrected chi connectivity index (χ4v) is 6.13. The van der Waals surface area contributed by atoms with Crippen molar-refractivity contribution in [2.24, 2.45) is 20.0 Å². The SMILES string of the molecule is [C-]#[N+]C1(NS(=O)(=O)c2cc(N3CCN(C(=O)C(C)C)CC3)c3c(c2)c(-c2cnn(C)c2)nn3C)CC1. The van der Waals surface area contributed by atoms with E-state index in [1.807, 2.05) is 39.0 Å². The van der Waals surface area contributed by atoms with Crippen LogP contribution in [0.3, 0.4) is 0 Å². The van der Waals surface area contributed by atoms with Gasteiger partial charge in [0.2, 0.25) is 15.9 Å². The number of nitrogens with zero attached hydrogens (tertiary/aromatic N) is 7. The van der Waals surface area contributed by atoms with Crippen LogP contribution in [0.15, 0.2) is 29.4 Å². The van der Waals surface area contributed by atoms with Crippen molar-refractivity contribution in [1.82, 2.24) is 29.2 Å². The Labute approximate surface area is 210 Å². The third kappa shape index (κ3) is 4.22. The number of aromatic nitrogens is 4. The van der Waals surface area contributed by atoms with E-state index in [1.165, 1.54) is 0 Å². The van der Waals surface area contributed by atoms with E-state index in [0.717, 1.165) is 16.8 Å². The molecule has 0 spiro atoms. The van der Waals surface area contributed by atoms with Gasteiger partial charge in [0.15, 0.2) is 0 Å². The number of amides is 1. The first-order valence-corrected chi connectivity index (χ1v) is 13.5. The van der Waals surface area contributed by atoms with E-state index < -0.39 is 15.7 Å². The van der Waals surface area contributed by atoms with Crippen molar-refractivity contribution < 1.29 is 13.2 Å². The second-order valence-electron chi connectivity index (χ2n) is 9.93. The highest BCUT2D eigenvalue weighted by Gasteiger charge is 2.54. The summed E-state index contributed by atoms with van der Waals surface area (Å²) in [6.07, 6.45) is 4.56. The number of benzene rings is 1. The number of aryl methyl sites for hydroxylation is 2. The molecule has 11 nitrogen and oxygen atoms in total. The molecule has 5 rings (SSSR count). The maximum atomic E-state index is 13.4. The van der Waals surface area contributed by atoms with E-state index in [2.05, 4.69) is 19.6 Å². The molecule has 3 aromatic rings. The van der Waals surface area contributed by atoms with Crippen LogP contribution < -0.4 is 9.62 Å². The van der Waals surface area contributed by atoms with Crippen LogP contribution in [-0.4, -0.2) is 70.6 Å². The Balaban J connectivity index is 1.61. The number of anilines is 1. The van der Waals surface area contributed by atoms with Crippen LogP contribution in [0.2, 0.25) is 0 Å². The van der Waals surface area contributed by atoms with Crippen molar-refractivity contribution in [3.8, 4) is 11.3 Å². The van der Waals surface area contributed by atoms with Crippen LogP contribution in [0.4, 0.5) is 5.69 Å². The lowest BCUT2D eigenvalue weighted by atomic mass is 10.1. The van der Waals surface area contributed by atoms with Gasteiger partial charge in [-0.2, -0.15) is 10.2 Å². The average molecular weight is 511 g/mol. The van der Waals surface area contributed by atoms with Crippen LogP contribution in [0.1, 0.15) is 26.7 Å². The average Bonchev–Trinajstić information content (AvgIpc) is 3.34. The largest absolute Gasteiger partial charge is 0.366 e. The second kappa shape index (κ2) is 8.60. The number of nitrogens with one attached hydrogen (secondary N) is 1. The van der Waals surface area contributed by atoms with E-state index in [0.29, 0.717) is 50.1 Å². The molecule has 2 fully saturated rings. The summed E-state index contributed by atoms with van der Waals surface area (Å²) in [6.45, 7) is 13.5. The minimum Gasteiger partial charge on any atom is -0.366 e. The van der Waals surface area contributed by atoms with Gasteiger partial charge in [-0.15, -0.1) is 4.72 Å². The first-order valence-electron chi connectivity index (χ1n) is 12.0. The van der Waals surface area contributed by atoms with Crippen LogP contribution in [0, 0.1) is 12.5 Å². The van der Waals surface area contributed by atoms with E-state index >= 15 is 0 Å². The highest BCUT2D eigenvalue weighted by atomic mass is 32.2.